The molecule has 8 nitrogen and oxygen atoms in total. The minimum absolute atomic E-state index is 0. The lowest BCUT2D eigenvalue weighted by atomic mass is 10.4. The predicted octanol–water partition coefficient (Wildman–Crippen LogP) is 0.210. The molecule has 0 bridgehead atoms. The lowest BCUT2D eigenvalue weighted by Crippen LogP contribution is -2.43. The summed E-state index contributed by atoms with van der Waals surface area (Å²) in [6.07, 6.45) is 0.184. The number of nitrogens with one attached hydrogen (secondary N) is 1. The van der Waals surface area contributed by atoms with Gasteiger partial charge in [-0.05, 0) is 18.9 Å². The maximum Gasteiger partial charge on any atom is 0.337 e. The Kier molecular flexibility index (Phi) is 21.5. The molecular formula is C10H29N3O5Si. The van der Waals surface area contributed by atoms with Crippen molar-refractivity contribution in [3.63, 3.8) is 0 Å². The first-order valence-corrected chi connectivity index (χ1v) is 7.51. The summed E-state index contributed by atoms with van der Waals surface area (Å²) in [4.78, 5) is 0. The van der Waals surface area contributed by atoms with Gasteiger partial charge >= 0.3 is 8.56 Å². The van der Waals surface area contributed by atoms with E-state index in [1.54, 1.807) is 18.9 Å². The van der Waals surface area contributed by atoms with Gasteiger partial charge in [-0.1, -0.05) is 13.2 Å². The number of rotatable bonds is 7. The van der Waals surface area contributed by atoms with Gasteiger partial charge in [-0.3, -0.25) is 0 Å². The Labute approximate surface area is 116 Å². The van der Waals surface area contributed by atoms with Crippen molar-refractivity contribution in [2.45, 2.75) is 25.0 Å². The zero-order valence-electron chi connectivity index (χ0n) is 12.0. The lowest BCUT2D eigenvalue weighted by molar-refractivity contribution is -0.116. The van der Waals surface area contributed by atoms with E-state index in [0.29, 0.717) is 0 Å². The molecule has 0 aliphatic rings. The molecular weight excluding hydrogens is 270 g/mol. The summed E-state index contributed by atoms with van der Waals surface area (Å²) in [5.41, 5.74) is 0. The Balaban J connectivity index is -0.000000139. The molecule has 0 aliphatic heterocycles. The highest BCUT2D eigenvalue weighted by Crippen LogP contribution is 2.15. The fourth-order valence-corrected chi connectivity index (χ4v) is 2.29. The average Bonchev–Trinajstić information content (AvgIpc) is 2.30. The maximum absolute atomic E-state index is 9.10. The minimum Gasteiger partial charge on any atom is -0.398 e. The molecule has 0 saturated heterocycles. The summed E-state index contributed by atoms with van der Waals surface area (Å²) in [5.74, 6) is 0. The van der Waals surface area contributed by atoms with Gasteiger partial charge in [-0.15, -0.1) is 0 Å². The van der Waals surface area contributed by atoms with E-state index < -0.39 is 21.0 Å². The van der Waals surface area contributed by atoms with Crippen LogP contribution in [0.1, 0.15) is 0 Å². The highest BCUT2D eigenvalue weighted by Gasteiger charge is 2.34. The molecule has 1 unspecified atom stereocenters. The van der Waals surface area contributed by atoms with Crippen LogP contribution in [0.3, 0.4) is 0 Å². The van der Waals surface area contributed by atoms with Crippen LogP contribution in [-0.2, 0) is 8.85 Å². The highest BCUT2D eigenvalue weighted by molar-refractivity contribution is 6.66. The summed E-state index contributed by atoms with van der Waals surface area (Å²) >= 11 is 0. The number of aliphatic hydroxyl groups excluding tert-OH is 2. The molecule has 0 aromatic heterocycles. The smallest absolute Gasteiger partial charge is 0.337 e. The minimum atomic E-state index is -2.39. The molecule has 0 aliphatic carbocycles. The summed E-state index contributed by atoms with van der Waals surface area (Å²) in [6.45, 7) is 8.47. The van der Waals surface area contributed by atoms with Gasteiger partial charge in [0.05, 0.1) is 0 Å². The van der Waals surface area contributed by atoms with E-state index >= 15 is 0 Å². The predicted molar refractivity (Wildman–Crippen MR) is 78.2 cm³/mol. The van der Waals surface area contributed by atoms with Gasteiger partial charge in [0.2, 0.25) is 0 Å². The van der Waals surface area contributed by atoms with E-state index in [2.05, 4.69) is 18.5 Å². The van der Waals surface area contributed by atoms with E-state index in [0.717, 1.165) is 0 Å². The normalized spacial score (nSPS) is 11.1. The average molecular weight is 299 g/mol. The molecule has 0 rings (SSSR count). The summed E-state index contributed by atoms with van der Waals surface area (Å²) in [6, 6.07) is 0.137. The van der Waals surface area contributed by atoms with Gasteiger partial charge in [0, 0.05) is 20.3 Å². The standard InChI is InChI=1S/C6H16O5Si.C4H7N.2H3N/c1-10-12(3,11-2)4-5(7)6(8)9;1-3-5-4-2;;/h5-9H,4H2,1-3H3;3-5H,1-2H2;2*1H3. The number of aliphatic hydroxyl groups is 3. The largest absolute Gasteiger partial charge is 0.398 e. The summed E-state index contributed by atoms with van der Waals surface area (Å²) < 4.78 is 10.1. The molecule has 118 valence electrons. The van der Waals surface area contributed by atoms with Crippen LogP contribution >= 0.6 is 0 Å². The SMILES string of the molecule is C=CNC=C.CO[Si](C)(CC(O)C(O)O)OC.N.N. The molecule has 0 aromatic carbocycles. The van der Waals surface area contributed by atoms with Crippen molar-refractivity contribution < 1.29 is 24.2 Å². The van der Waals surface area contributed by atoms with E-state index in [-0.39, 0.29) is 18.3 Å². The molecule has 9 heteroatoms. The summed E-state index contributed by atoms with van der Waals surface area (Å²) in [5, 5.41) is 28.9. The molecule has 0 saturated carbocycles. The molecule has 10 N–H and O–H groups in total. The van der Waals surface area contributed by atoms with E-state index in [1.165, 1.54) is 14.2 Å². The molecule has 0 aromatic rings. The maximum atomic E-state index is 9.10. The highest BCUT2D eigenvalue weighted by atomic mass is 28.4. The van der Waals surface area contributed by atoms with Crippen LogP contribution in [0.4, 0.5) is 0 Å². The summed E-state index contributed by atoms with van der Waals surface area (Å²) in [7, 11) is 0.564. The van der Waals surface area contributed by atoms with E-state index in [1.807, 2.05) is 0 Å². The first-order valence-electron chi connectivity index (χ1n) is 4.99. The topological polar surface area (TPSA) is 161 Å². The fourth-order valence-electron chi connectivity index (χ4n) is 0.819. The van der Waals surface area contributed by atoms with Crippen LogP contribution < -0.4 is 17.6 Å². The van der Waals surface area contributed by atoms with Crippen LogP contribution in [0.2, 0.25) is 12.6 Å². The second-order valence-corrected chi connectivity index (χ2v) is 6.79. The third kappa shape index (κ3) is 15.2. The van der Waals surface area contributed by atoms with Gasteiger partial charge in [-0.25, -0.2) is 0 Å². The van der Waals surface area contributed by atoms with E-state index in [4.69, 9.17) is 24.2 Å². The third-order valence-corrected chi connectivity index (χ3v) is 4.91. The van der Waals surface area contributed by atoms with Crippen molar-refractivity contribution >= 4 is 8.56 Å². The van der Waals surface area contributed by atoms with Crippen molar-refractivity contribution in [3.05, 3.63) is 25.6 Å². The molecule has 19 heavy (non-hydrogen) atoms. The zero-order valence-corrected chi connectivity index (χ0v) is 13.0. The van der Waals surface area contributed by atoms with Crippen LogP contribution in [-0.4, -0.2) is 50.5 Å². The molecule has 0 amide bonds. The first kappa shape index (κ1) is 26.7. The Morgan fingerprint density at radius 1 is 1.11 bits per heavy atom. The molecule has 0 spiro atoms. The Morgan fingerprint density at radius 3 is 1.63 bits per heavy atom. The second-order valence-electron chi connectivity index (χ2n) is 3.30. The van der Waals surface area contributed by atoms with Crippen molar-refractivity contribution in [1.29, 1.82) is 0 Å². The second kappa shape index (κ2) is 15.3. The fraction of sp³-hybridized carbons (Fsp3) is 0.600. The quantitative estimate of drug-likeness (QED) is 0.287. The molecule has 0 heterocycles. The lowest BCUT2D eigenvalue weighted by Gasteiger charge is -2.25. The molecule has 0 fully saturated rings. The van der Waals surface area contributed by atoms with Crippen molar-refractivity contribution in [2.75, 3.05) is 14.2 Å². The zero-order chi connectivity index (χ0) is 13.9. The first-order chi connectivity index (χ1) is 7.86. The number of hydrogen-bond acceptors (Lipinski definition) is 8. The van der Waals surface area contributed by atoms with E-state index in [9.17, 15) is 0 Å². The Bertz CT molecular complexity index is 209. The van der Waals surface area contributed by atoms with Gasteiger partial charge in [0.25, 0.3) is 0 Å². The van der Waals surface area contributed by atoms with Crippen molar-refractivity contribution in [1.82, 2.24) is 17.6 Å². The van der Waals surface area contributed by atoms with Crippen LogP contribution in [0.15, 0.2) is 25.6 Å². The third-order valence-electron chi connectivity index (χ3n) is 2.02. The Morgan fingerprint density at radius 2 is 1.47 bits per heavy atom. The van der Waals surface area contributed by atoms with Crippen LogP contribution in [0, 0.1) is 0 Å². The van der Waals surface area contributed by atoms with Crippen molar-refractivity contribution in [3.8, 4) is 0 Å². The van der Waals surface area contributed by atoms with Crippen molar-refractivity contribution in [2.24, 2.45) is 0 Å². The van der Waals surface area contributed by atoms with Crippen LogP contribution in [0.5, 0.6) is 0 Å². The monoisotopic (exact) mass is 299 g/mol. The Hall–Kier alpha value is -0.783. The van der Waals surface area contributed by atoms with Gasteiger partial charge in [0.1, 0.15) is 6.10 Å². The number of hydrogen-bond donors (Lipinski definition) is 6. The van der Waals surface area contributed by atoms with Gasteiger partial charge in [-0.2, -0.15) is 0 Å². The van der Waals surface area contributed by atoms with Gasteiger partial charge < -0.3 is 41.8 Å². The molecule has 0 radical (unpaired) electrons. The molecule has 1 atom stereocenters. The van der Waals surface area contributed by atoms with Gasteiger partial charge in [0.15, 0.2) is 6.29 Å². The van der Waals surface area contributed by atoms with Crippen LogP contribution in [0.25, 0.3) is 0 Å².